The zero-order chi connectivity index (χ0) is 9.84. The molecule has 13 heavy (non-hydrogen) atoms. The van der Waals surface area contributed by atoms with Gasteiger partial charge < -0.3 is 9.64 Å². The van der Waals surface area contributed by atoms with Crippen LogP contribution in [0.4, 0.5) is 0 Å². The molecule has 0 spiro atoms. The van der Waals surface area contributed by atoms with Crippen LogP contribution in [0.1, 0.15) is 25.7 Å². The van der Waals surface area contributed by atoms with E-state index in [9.17, 15) is 4.79 Å². The number of nitrogens with zero attached hydrogens (tertiary/aromatic N) is 1. The van der Waals surface area contributed by atoms with Crippen LogP contribution in [0.5, 0.6) is 0 Å². The first kappa shape index (κ1) is 10.5. The van der Waals surface area contributed by atoms with E-state index in [1.807, 2.05) is 0 Å². The Morgan fingerprint density at radius 1 is 1.23 bits per heavy atom. The molecule has 1 aliphatic carbocycles. The van der Waals surface area contributed by atoms with Crippen molar-refractivity contribution in [2.45, 2.75) is 31.7 Å². The Bertz CT molecular complexity index is 172. The van der Waals surface area contributed by atoms with Crippen molar-refractivity contribution in [1.29, 1.82) is 0 Å². The first-order valence-electron chi connectivity index (χ1n) is 4.89. The van der Waals surface area contributed by atoms with Crippen LogP contribution in [-0.2, 0) is 9.53 Å². The Morgan fingerprint density at radius 2 is 1.77 bits per heavy atom. The summed E-state index contributed by atoms with van der Waals surface area (Å²) in [4.78, 5) is 13.5. The third-order valence-electron chi connectivity index (χ3n) is 2.96. The Morgan fingerprint density at radius 3 is 2.15 bits per heavy atom. The van der Waals surface area contributed by atoms with Gasteiger partial charge in [0, 0.05) is 6.04 Å². The van der Waals surface area contributed by atoms with Gasteiger partial charge in [-0.1, -0.05) is 0 Å². The van der Waals surface area contributed by atoms with Gasteiger partial charge in [-0.2, -0.15) is 0 Å². The second-order valence-electron chi connectivity index (χ2n) is 3.99. The highest BCUT2D eigenvalue weighted by Crippen LogP contribution is 2.27. The van der Waals surface area contributed by atoms with E-state index in [-0.39, 0.29) is 11.9 Å². The van der Waals surface area contributed by atoms with Crippen molar-refractivity contribution in [2.24, 2.45) is 5.92 Å². The van der Waals surface area contributed by atoms with Crippen molar-refractivity contribution in [3.05, 3.63) is 0 Å². The molecule has 0 N–H and O–H groups in total. The molecular formula is C10H19NO2. The molecule has 0 saturated heterocycles. The van der Waals surface area contributed by atoms with Gasteiger partial charge in [0.15, 0.2) is 0 Å². The van der Waals surface area contributed by atoms with E-state index >= 15 is 0 Å². The van der Waals surface area contributed by atoms with Crippen LogP contribution in [0, 0.1) is 5.92 Å². The minimum absolute atomic E-state index is 0.0304. The number of methoxy groups -OCH3 is 1. The van der Waals surface area contributed by atoms with Crippen LogP contribution in [0.15, 0.2) is 0 Å². The van der Waals surface area contributed by atoms with E-state index < -0.39 is 0 Å². The predicted octanol–water partition coefficient (Wildman–Crippen LogP) is 1.28. The van der Waals surface area contributed by atoms with Gasteiger partial charge in [0.05, 0.1) is 13.0 Å². The molecule has 0 atom stereocenters. The monoisotopic (exact) mass is 185 g/mol. The van der Waals surface area contributed by atoms with Gasteiger partial charge in [-0.15, -0.1) is 0 Å². The fourth-order valence-electron chi connectivity index (χ4n) is 1.99. The number of carbonyl (C=O) groups excluding carboxylic acids is 1. The third-order valence-corrected chi connectivity index (χ3v) is 2.96. The van der Waals surface area contributed by atoms with E-state index in [1.165, 1.54) is 7.11 Å². The first-order chi connectivity index (χ1) is 6.15. The quantitative estimate of drug-likeness (QED) is 0.607. The number of hydrogen-bond donors (Lipinski definition) is 0. The van der Waals surface area contributed by atoms with Crippen LogP contribution in [-0.4, -0.2) is 38.1 Å². The first-order valence-corrected chi connectivity index (χ1v) is 4.89. The van der Waals surface area contributed by atoms with Gasteiger partial charge in [-0.25, -0.2) is 0 Å². The average molecular weight is 185 g/mol. The standard InChI is InChI=1S/C10H19NO2/c1-11(2)9-6-4-8(5-7-9)10(12)13-3/h8-9H,4-7H2,1-3H3/t8-,9+. The summed E-state index contributed by atoms with van der Waals surface area (Å²) in [5.74, 6) is 0.124. The van der Waals surface area contributed by atoms with Crippen molar-refractivity contribution in [2.75, 3.05) is 21.2 Å². The van der Waals surface area contributed by atoms with Gasteiger partial charge in [0.2, 0.25) is 0 Å². The van der Waals surface area contributed by atoms with Crippen LogP contribution in [0.25, 0.3) is 0 Å². The molecule has 1 aliphatic rings. The lowest BCUT2D eigenvalue weighted by molar-refractivity contribution is -0.146. The second-order valence-corrected chi connectivity index (χ2v) is 3.99. The minimum Gasteiger partial charge on any atom is -0.469 e. The van der Waals surface area contributed by atoms with E-state index in [1.54, 1.807) is 0 Å². The summed E-state index contributed by atoms with van der Waals surface area (Å²) in [7, 11) is 5.67. The molecule has 0 aromatic heterocycles. The molecule has 1 fully saturated rings. The molecule has 76 valence electrons. The SMILES string of the molecule is COC(=O)[C@H]1CC[C@@H](N(C)C)CC1. The maximum Gasteiger partial charge on any atom is 0.308 e. The second kappa shape index (κ2) is 4.61. The fraction of sp³-hybridized carbons (Fsp3) is 0.900. The van der Waals surface area contributed by atoms with Crippen molar-refractivity contribution in [3.8, 4) is 0 Å². The Labute approximate surface area is 80.1 Å². The van der Waals surface area contributed by atoms with Crippen LogP contribution >= 0.6 is 0 Å². The molecule has 1 rings (SSSR count). The normalized spacial score (nSPS) is 28.9. The molecule has 0 heterocycles. The summed E-state index contributed by atoms with van der Waals surface area (Å²) in [5, 5.41) is 0. The van der Waals surface area contributed by atoms with Crippen LogP contribution in [0.3, 0.4) is 0 Å². The molecule has 0 bridgehead atoms. The van der Waals surface area contributed by atoms with Crippen molar-refractivity contribution in [1.82, 2.24) is 4.90 Å². The lowest BCUT2D eigenvalue weighted by atomic mass is 9.86. The smallest absolute Gasteiger partial charge is 0.308 e. The lowest BCUT2D eigenvalue weighted by Gasteiger charge is -2.31. The molecule has 0 aromatic carbocycles. The fourth-order valence-corrected chi connectivity index (χ4v) is 1.99. The Kier molecular flexibility index (Phi) is 3.72. The van der Waals surface area contributed by atoms with Gasteiger partial charge in [-0.05, 0) is 39.8 Å². The van der Waals surface area contributed by atoms with Gasteiger partial charge in [0.25, 0.3) is 0 Å². The third kappa shape index (κ3) is 2.69. The van der Waals surface area contributed by atoms with E-state index in [0.29, 0.717) is 6.04 Å². The highest BCUT2D eigenvalue weighted by molar-refractivity contribution is 5.72. The summed E-state index contributed by atoms with van der Waals surface area (Å²) in [6, 6.07) is 0.654. The van der Waals surface area contributed by atoms with E-state index in [0.717, 1.165) is 25.7 Å². The van der Waals surface area contributed by atoms with Gasteiger partial charge >= 0.3 is 5.97 Å². The Balaban J connectivity index is 2.34. The molecule has 3 heteroatoms. The van der Waals surface area contributed by atoms with Crippen LogP contribution in [0.2, 0.25) is 0 Å². The minimum atomic E-state index is -0.0304. The van der Waals surface area contributed by atoms with Crippen molar-refractivity contribution in [3.63, 3.8) is 0 Å². The van der Waals surface area contributed by atoms with Crippen molar-refractivity contribution >= 4 is 5.97 Å². The number of carbonyl (C=O) groups is 1. The molecule has 0 unspecified atom stereocenters. The number of hydrogen-bond acceptors (Lipinski definition) is 3. The maximum absolute atomic E-state index is 11.2. The molecule has 1 saturated carbocycles. The highest BCUT2D eigenvalue weighted by atomic mass is 16.5. The zero-order valence-electron chi connectivity index (χ0n) is 8.75. The van der Waals surface area contributed by atoms with Crippen molar-refractivity contribution < 1.29 is 9.53 Å². The van der Waals surface area contributed by atoms with E-state index in [2.05, 4.69) is 19.0 Å². The highest BCUT2D eigenvalue weighted by Gasteiger charge is 2.27. The van der Waals surface area contributed by atoms with Gasteiger partial charge in [-0.3, -0.25) is 4.79 Å². The molecule has 0 amide bonds. The summed E-state index contributed by atoms with van der Waals surface area (Å²) in [5.41, 5.74) is 0. The largest absolute Gasteiger partial charge is 0.469 e. The van der Waals surface area contributed by atoms with Gasteiger partial charge in [0.1, 0.15) is 0 Å². The van der Waals surface area contributed by atoms with E-state index in [4.69, 9.17) is 4.74 Å². The molecule has 3 nitrogen and oxygen atoms in total. The Hall–Kier alpha value is -0.570. The molecule has 0 radical (unpaired) electrons. The zero-order valence-corrected chi connectivity index (χ0v) is 8.75. The lowest BCUT2D eigenvalue weighted by Crippen LogP contribution is -2.34. The summed E-state index contributed by atoms with van der Waals surface area (Å²) < 4.78 is 4.73. The molecule has 0 aromatic rings. The summed E-state index contributed by atoms with van der Waals surface area (Å²) in [6.07, 6.45) is 4.20. The number of rotatable bonds is 2. The predicted molar refractivity (Wildman–Crippen MR) is 51.4 cm³/mol. The number of esters is 1. The topological polar surface area (TPSA) is 29.5 Å². The average Bonchev–Trinajstić information content (AvgIpc) is 2.17. The van der Waals surface area contributed by atoms with Crippen LogP contribution < -0.4 is 0 Å². The molecular weight excluding hydrogens is 166 g/mol. The number of ether oxygens (including phenoxy) is 1. The summed E-state index contributed by atoms with van der Waals surface area (Å²) >= 11 is 0. The summed E-state index contributed by atoms with van der Waals surface area (Å²) in [6.45, 7) is 0. The maximum atomic E-state index is 11.2. The molecule has 0 aliphatic heterocycles.